The Labute approximate surface area is 233 Å². The zero-order chi connectivity index (χ0) is 28.2. The fourth-order valence-corrected chi connectivity index (χ4v) is 11.3. The second-order valence-corrected chi connectivity index (χ2v) is 15.5. The van der Waals surface area contributed by atoms with Crippen LogP contribution >= 0.6 is 0 Å². The van der Waals surface area contributed by atoms with E-state index in [4.69, 9.17) is 9.47 Å². The topological polar surface area (TPSA) is 113 Å². The number of esters is 1. The molecule has 39 heavy (non-hydrogen) atoms. The van der Waals surface area contributed by atoms with E-state index in [-0.39, 0.29) is 47.1 Å². The van der Waals surface area contributed by atoms with Crippen LogP contribution in [0.2, 0.25) is 0 Å². The van der Waals surface area contributed by atoms with Gasteiger partial charge in [-0.2, -0.15) is 0 Å². The van der Waals surface area contributed by atoms with Gasteiger partial charge >= 0.3 is 17.9 Å². The number of rotatable bonds is 6. The molecule has 7 nitrogen and oxygen atoms in total. The van der Waals surface area contributed by atoms with Gasteiger partial charge in [-0.05, 0) is 111 Å². The first-order chi connectivity index (χ1) is 18.2. The van der Waals surface area contributed by atoms with Crippen LogP contribution in [0.1, 0.15) is 112 Å². The number of hydrogen-bond donors (Lipinski definition) is 3. The van der Waals surface area contributed by atoms with Crippen molar-refractivity contribution in [2.24, 2.45) is 57.7 Å². The second-order valence-electron chi connectivity index (χ2n) is 15.5. The minimum atomic E-state index is -1.85. The molecule has 0 aromatic rings. The first-order valence-electron chi connectivity index (χ1n) is 15.8. The molecule has 0 aromatic carbocycles. The van der Waals surface area contributed by atoms with Gasteiger partial charge in [0.1, 0.15) is 0 Å². The van der Waals surface area contributed by atoms with E-state index in [9.17, 15) is 24.9 Å². The van der Waals surface area contributed by atoms with Crippen LogP contribution in [0.4, 0.5) is 0 Å². The van der Waals surface area contributed by atoms with Crippen molar-refractivity contribution < 1.29 is 34.4 Å². The van der Waals surface area contributed by atoms with Crippen LogP contribution in [-0.2, 0) is 19.1 Å². The van der Waals surface area contributed by atoms with Crippen LogP contribution in [0.5, 0.6) is 0 Å². The predicted molar refractivity (Wildman–Crippen MR) is 144 cm³/mol. The van der Waals surface area contributed by atoms with Gasteiger partial charge in [0.05, 0.1) is 29.5 Å². The molecular formula is C32H50O7. The van der Waals surface area contributed by atoms with E-state index < -0.39 is 23.0 Å². The van der Waals surface area contributed by atoms with Gasteiger partial charge in [-0.3, -0.25) is 9.59 Å². The maximum atomic E-state index is 13.4. The number of carboxylic acid groups (broad SMARTS) is 1. The number of hydrogen-bond acceptors (Lipinski definition) is 6. The van der Waals surface area contributed by atoms with Crippen LogP contribution in [0.25, 0.3) is 0 Å². The molecule has 4 saturated carbocycles. The van der Waals surface area contributed by atoms with Gasteiger partial charge in [0.2, 0.25) is 0 Å². The first-order valence-corrected chi connectivity index (χ1v) is 15.8. The van der Waals surface area contributed by atoms with Crippen molar-refractivity contribution in [3.63, 3.8) is 0 Å². The van der Waals surface area contributed by atoms with Crippen LogP contribution < -0.4 is 0 Å². The van der Waals surface area contributed by atoms with Crippen LogP contribution in [0.15, 0.2) is 0 Å². The monoisotopic (exact) mass is 546 g/mol. The zero-order valence-electron chi connectivity index (χ0n) is 24.6. The maximum absolute atomic E-state index is 13.4. The highest BCUT2D eigenvalue weighted by atomic mass is 16.8. The number of fused-ring (bicyclic) bond motifs is 6. The lowest BCUT2D eigenvalue weighted by molar-refractivity contribution is -0.481. The van der Waals surface area contributed by atoms with Gasteiger partial charge in [-0.15, -0.1) is 0 Å². The fourth-order valence-electron chi connectivity index (χ4n) is 11.3. The molecule has 7 fully saturated rings. The summed E-state index contributed by atoms with van der Waals surface area (Å²) in [6, 6.07) is 0. The highest BCUT2D eigenvalue weighted by molar-refractivity contribution is 5.76. The standard InChI is InChI=1S/C32H50O7/c1-6-28(4,18(2)3)16-24-26-23-10-9-22-20-8-7-19-15-30(36,17-25(33)34)14-13-29(19,5)21(20)11-12-31(22,23)32(37,38-24)39-27(26)35/h18-24,26,36-37H,6-17H2,1-5H3,(H,33,34)/t19-,20+,21-,22-,23+,24+,26-,28+,29-,30+,31+,32?/m0/s1. The van der Waals surface area contributed by atoms with Crippen molar-refractivity contribution >= 4 is 11.9 Å². The van der Waals surface area contributed by atoms with Gasteiger partial charge in [0.25, 0.3) is 0 Å². The number of ether oxygens (including phenoxy) is 2. The van der Waals surface area contributed by atoms with Gasteiger partial charge in [-0.25, -0.2) is 0 Å². The molecule has 1 unspecified atom stereocenters. The molecule has 1 spiro atoms. The highest BCUT2D eigenvalue weighted by Gasteiger charge is 2.79. The zero-order valence-corrected chi connectivity index (χ0v) is 24.6. The Morgan fingerprint density at radius 2 is 1.77 bits per heavy atom. The largest absolute Gasteiger partial charge is 0.481 e. The van der Waals surface area contributed by atoms with E-state index in [0.717, 1.165) is 57.8 Å². The van der Waals surface area contributed by atoms with Crippen molar-refractivity contribution in [3.8, 4) is 0 Å². The molecule has 0 radical (unpaired) electrons. The Bertz CT molecular complexity index is 1030. The third-order valence-electron chi connectivity index (χ3n) is 14.0. The Hall–Kier alpha value is -1.18. The van der Waals surface area contributed by atoms with Gasteiger partial charge in [0, 0.05) is 0 Å². The normalized spacial score (nSPS) is 51.8. The van der Waals surface area contributed by atoms with Gasteiger partial charge < -0.3 is 24.8 Å². The van der Waals surface area contributed by atoms with Crippen molar-refractivity contribution in [2.45, 2.75) is 129 Å². The molecule has 3 heterocycles. The third kappa shape index (κ3) is 3.77. The quantitative estimate of drug-likeness (QED) is 0.376. The second kappa shape index (κ2) is 8.91. The maximum Gasteiger partial charge on any atom is 0.333 e. The fraction of sp³-hybridized carbons (Fsp3) is 0.938. The average Bonchev–Trinajstić information content (AvgIpc) is 3.26. The van der Waals surface area contributed by atoms with E-state index in [1.807, 2.05) is 0 Å². The minimum absolute atomic E-state index is 0.0259. The molecule has 0 aromatic heterocycles. The molecule has 220 valence electrons. The molecule has 7 aliphatic rings. The molecular weight excluding hydrogens is 496 g/mol. The predicted octanol–water partition coefficient (Wildman–Crippen LogP) is 5.51. The summed E-state index contributed by atoms with van der Waals surface area (Å²) in [6.07, 6.45) is 8.91. The third-order valence-corrected chi connectivity index (χ3v) is 14.0. The van der Waals surface area contributed by atoms with E-state index >= 15 is 0 Å². The highest BCUT2D eigenvalue weighted by Crippen LogP contribution is 2.75. The summed E-state index contributed by atoms with van der Waals surface area (Å²) in [7, 11) is 0. The Morgan fingerprint density at radius 1 is 1.05 bits per heavy atom. The Balaban J connectivity index is 1.27. The summed E-state index contributed by atoms with van der Waals surface area (Å²) in [5.74, 6) is -1.34. The molecule has 7 heteroatoms. The van der Waals surface area contributed by atoms with Crippen LogP contribution in [0, 0.1) is 57.7 Å². The van der Waals surface area contributed by atoms with E-state index in [0.29, 0.717) is 36.5 Å². The molecule has 3 aliphatic heterocycles. The lowest BCUT2D eigenvalue weighted by Gasteiger charge is -2.67. The average molecular weight is 547 g/mol. The van der Waals surface area contributed by atoms with Crippen molar-refractivity contribution in [1.29, 1.82) is 0 Å². The molecule has 2 bridgehead atoms. The summed E-state index contributed by atoms with van der Waals surface area (Å²) in [4.78, 5) is 24.8. The Kier molecular flexibility index (Phi) is 6.39. The lowest BCUT2D eigenvalue weighted by atomic mass is 9.42. The van der Waals surface area contributed by atoms with E-state index in [1.54, 1.807) is 0 Å². The molecule has 0 amide bonds. The van der Waals surface area contributed by atoms with E-state index in [1.165, 1.54) is 0 Å². The van der Waals surface area contributed by atoms with Gasteiger partial charge in [0.15, 0.2) is 0 Å². The SMILES string of the molecule is CC[C@](C)(C[C@H]1OC2(O)OC(=O)[C@H]1[C@H]1CC[C@H]3[C@@H]4CC[C@H]5C[C@@](O)(CC(=O)O)CC[C@]5(C)[C@H]4CC[C@]132)C(C)C. The molecule has 3 saturated heterocycles. The van der Waals surface area contributed by atoms with E-state index in [2.05, 4.69) is 34.6 Å². The Morgan fingerprint density at radius 3 is 2.44 bits per heavy atom. The first kappa shape index (κ1) is 28.0. The van der Waals surface area contributed by atoms with Crippen molar-refractivity contribution in [1.82, 2.24) is 0 Å². The summed E-state index contributed by atoms with van der Waals surface area (Å²) in [6.45, 7) is 11.3. The number of aliphatic carboxylic acids is 1. The summed E-state index contributed by atoms with van der Waals surface area (Å²) >= 11 is 0. The molecule has 7 rings (SSSR count). The number of carbonyl (C=O) groups excluding carboxylic acids is 1. The number of aliphatic hydroxyl groups is 2. The van der Waals surface area contributed by atoms with Crippen molar-refractivity contribution in [3.05, 3.63) is 0 Å². The lowest BCUT2D eigenvalue weighted by Crippen LogP contribution is -2.74. The van der Waals surface area contributed by atoms with Gasteiger partial charge in [-0.1, -0.05) is 41.0 Å². The molecule has 4 aliphatic carbocycles. The van der Waals surface area contributed by atoms with Crippen LogP contribution in [-0.4, -0.2) is 44.9 Å². The summed E-state index contributed by atoms with van der Waals surface area (Å²) < 4.78 is 12.4. The summed E-state index contributed by atoms with van der Waals surface area (Å²) in [5, 5.41) is 32.7. The smallest absolute Gasteiger partial charge is 0.333 e. The molecule has 3 N–H and O–H groups in total. The molecule has 12 atom stereocenters. The van der Waals surface area contributed by atoms with Crippen LogP contribution in [0.3, 0.4) is 0 Å². The van der Waals surface area contributed by atoms with Crippen molar-refractivity contribution in [2.75, 3.05) is 0 Å². The summed E-state index contributed by atoms with van der Waals surface area (Å²) in [5.41, 5.74) is -1.55. The number of carboxylic acids is 1. The minimum Gasteiger partial charge on any atom is -0.481 e. The number of carbonyl (C=O) groups is 2.